The maximum Gasteiger partial charge on any atom is 0.0175 e. The molecule has 0 spiro atoms. The second-order valence-electron chi connectivity index (χ2n) is 4.69. The standard InChI is InChI=1S/C14H19Br/c15-14-9-7-13(8-10-14)11-12-5-3-1-2-4-6-12/h7-10,12H,1-6,11H2. The van der Waals surface area contributed by atoms with E-state index < -0.39 is 0 Å². The Morgan fingerprint density at radius 3 is 2.13 bits per heavy atom. The summed E-state index contributed by atoms with van der Waals surface area (Å²) in [6, 6.07) is 8.84. The van der Waals surface area contributed by atoms with E-state index in [0.29, 0.717) is 0 Å². The Kier molecular flexibility index (Phi) is 4.25. The molecule has 0 bridgehead atoms. The van der Waals surface area contributed by atoms with E-state index >= 15 is 0 Å². The van der Waals surface area contributed by atoms with Gasteiger partial charge in [-0.3, -0.25) is 0 Å². The quantitative estimate of drug-likeness (QED) is 0.664. The van der Waals surface area contributed by atoms with Crippen LogP contribution >= 0.6 is 15.9 Å². The smallest absolute Gasteiger partial charge is 0.0175 e. The highest BCUT2D eigenvalue weighted by molar-refractivity contribution is 9.10. The van der Waals surface area contributed by atoms with Crippen LogP contribution in [-0.4, -0.2) is 0 Å². The minimum absolute atomic E-state index is 0.939. The van der Waals surface area contributed by atoms with Gasteiger partial charge >= 0.3 is 0 Å². The molecule has 0 N–H and O–H groups in total. The lowest BCUT2D eigenvalue weighted by molar-refractivity contribution is 0.458. The predicted molar refractivity (Wildman–Crippen MR) is 69.0 cm³/mol. The molecule has 1 aliphatic rings. The zero-order valence-electron chi connectivity index (χ0n) is 9.21. The van der Waals surface area contributed by atoms with Gasteiger partial charge in [-0.2, -0.15) is 0 Å². The first-order chi connectivity index (χ1) is 7.34. The number of benzene rings is 1. The molecule has 0 nitrogen and oxygen atoms in total. The first kappa shape index (κ1) is 11.2. The molecule has 82 valence electrons. The van der Waals surface area contributed by atoms with Crippen LogP contribution in [-0.2, 0) is 6.42 Å². The third kappa shape index (κ3) is 3.64. The van der Waals surface area contributed by atoms with E-state index in [4.69, 9.17) is 0 Å². The highest BCUT2D eigenvalue weighted by atomic mass is 79.9. The van der Waals surface area contributed by atoms with Crippen LogP contribution in [0.2, 0.25) is 0 Å². The molecule has 0 radical (unpaired) electrons. The summed E-state index contributed by atoms with van der Waals surface area (Å²) in [6.45, 7) is 0. The van der Waals surface area contributed by atoms with Gasteiger partial charge in [0.2, 0.25) is 0 Å². The largest absolute Gasteiger partial charge is 0.0579 e. The van der Waals surface area contributed by atoms with Crippen LogP contribution in [0.25, 0.3) is 0 Å². The van der Waals surface area contributed by atoms with Gasteiger partial charge in [0.15, 0.2) is 0 Å². The van der Waals surface area contributed by atoms with Gasteiger partial charge in [0.1, 0.15) is 0 Å². The molecule has 0 heterocycles. The van der Waals surface area contributed by atoms with Crippen LogP contribution in [0.1, 0.15) is 44.1 Å². The molecule has 0 amide bonds. The third-order valence-electron chi connectivity index (χ3n) is 3.41. The van der Waals surface area contributed by atoms with E-state index in [-0.39, 0.29) is 0 Å². The van der Waals surface area contributed by atoms with Crippen molar-refractivity contribution in [3.63, 3.8) is 0 Å². The van der Waals surface area contributed by atoms with Crippen molar-refractivity contribution in [3.8, 4) is 0 Å². The molecule has 0 saturated heterocycles. The van der Waals surface area contributed by atoms with Gasteiger partial charge in [0.05, 0.1) is 0 Å². The second kappa shape index (κ2) is 5.69. The molecule has 1 aliphatic carbocycles. The van der Waals surface area contributed by atoms with Gasteiger partial charge in [0, 0.05) is 4.47 Å². The lowest BCUT2D eigenvalue weighted by atomic mass is 9.93. The highest BCUT2D eigenvalue weighted by Crippen LogP contribution is 2.26. The Hall–Kier alpha value is -0.300. The summed E-state index contributed by atoms with van der Waals surface area (Å²) in [6.07, 6.45) is 9.97. The Labute approximate surface area is 101 Å². The van der Waals surface area contributed by atoms with Gasteiger partial charge in [0.25, 0.3) is 0 Å². The zero-order chi connectivity index (χ0) is 10.5. The molecule has 0 unspecified atom stereocenters. The van der Waals surface area contributed by atoms with Crippen molar-refractivity contribution in [2.75, 3.05) is 0 Å². The number of hydrogen-bond acceptors (Lipinski definition) is 0. The Balaban J connectivity index is 1.92. The summed E-state index contributed by atoms with van der Waals surface area (Å²) in [5.74, 6) is 0.939. The second-order valence-corrected chi connectivity index (χ2v) is 5.60. The molecule has 1 heteroatoms. The summed E-state index contributed by atoms with van der Waals surface area (Å²) in [5.41, 5.74) is 1.50. The topological polar surface area (TPSA) is 0 Å². The molecule has 1 fully saturated rings. The van der Waals surface area contributed by atoms with Crippen LogP contribution in [0, 0.1) is 5.92 Å². The van der Waals surface area contributed by atoms with Crippen molar-refractivity contribution in [2.24, 2.45) is 5.92 Å². The number of hydrogen-bond donors (Lipinski definition) is 0. The van der Waals surface area contributed by atoms with E-state index in [9.17, 15) is 0 Å². The molecule has 0 aromatic heterocycles. The Morgan fingerprint density at radius 1 is 0.933 bits per heavy atom. The van der Waals surface area contributed by atoms with Gasteiger partial charge < -0.3 is 0 Å². The summed E-state index contributed by atoms with van der Waals surface area (Å²) in [7, 11) is 0. The molecule has 15 heavy (non-hydrogen) atoms. The summed E-state index contributed by atoms with van der Waals surface area (Å²) < 4.78 is 1.19. The molecule has 0 aliphatic heterocycles. The van der Waals surface area contributed by atoms with E-state index in [1.807, 2.05) is 0 Å². The predicted octanol–water partition coefficient (Wildman–Crippen LogP) is 4.96. The SMILES string of the molecule is Brc1ccc(CC2CCCCCC2)cc1. The summed E-state index contributed by atoms with van der Waals surface area (Å²) >= 11 is 3.48. The van der Waals surface area contributed by atoms with Crippen molar-refractivity contribution in [1.29, 1.82) is 0 Å². The van der Waals surface area contributed by atoms with Gasteiger partial charge in [-0.1, -0.05) is 66.6 Å². The average Bonchev–Trinajstić information content (AvgIpc) is 2.50. The van der Waals surface area contributed by atoms with Crippen molar-refractivity contribution in [2.45, 2.75) is 44.9 Å². The summed E-state index contributed by atoms with van der Waals surface area (Å²) in [5, 5.41) is 0. The van der Waals surface area contributed by atoms with Crippen LogP contribution in [0.5, 0.6) is 0 Å². The van der Waals surface area contributed by atoms with Crippen LogP contribution in [0.4, 0.5) is 0 Å². The lowest BCUT2D eigenvalue weighted by Crippen LogP contribution is -2.02. The lowest BCUT2D eigenvalue weighted by Gasteiger charge is -2.13. The molecule has 1 aromatic carbocycles. The fourth-order valence-corrected chi connectivity index (χ4v) is 2.79. The van der Waals surface area contributed by atoms with E-state index in [1.54, 1.807) is 0 Å². The van der Waals surface area contributed by atoms with Crippen LogP contribution < -0.4 is 0 Å². The highest BCUT2D eigenvalue weighted by Gasteiger charge is 2.12. The number of halogens is 1. The van der Waals surface area contributed by atoms with Crippen molar-refractivity contribution in [1.82, 2.24) is 0 Å². The summed E-state index contributed by atoms with van der Waals surface area (Å²) in [4.78, 5) is 0. The maximum absolute atomic E-state index is 3.48. The van der Waals surface area contributed by atoms with Crippen molar-refractivity contribution in [3.05, 3.63) is 34.3 Å². The monoisotopic (exact) mass is 266 g/mol. The first-order valence-corrected chi connectivity index (χ1v) is 6.88. The average molecular weight is 267 g/mol. The molecule has 1 saturated carbocycles. The zero-order valence-corrected chi connectivity index (χ0v) is 10.8. The van der Waals surface area contributed by atoms with Crippen LogP contribution in [0.15, 0.2) is 28.7 Å². The number of rotatable bonds is 2. The molecular formula is C14H19Br. The first-order valence-electron chi connectivity index (χ1n) is 6.09. The van der Waals surface area contributed by atoms with Gasteiger partial charge in [-0.25, -0.2) is 0 Å². The minimum Gasteiger partial charge on any atom is -0.0579 e. The Bertz CT molecular complexity index is 281. The molecule has 2 rings (SSSR count). The van der Waals surface area contributed by atoms with E-state index in [1.165, 1.54) is 55.0 Å². The molecule has 1 aromatic rings. The van der Waals surface area contributed by atoms with Crippen molar-refractivity contribution >= 4 is 15.9 Å². The van der Waals surface area contributed by atoms with E-state index in [0.717, 1.165) is 5.92 Å². The van der Waals surface area contributed by atoms with Gasteiger partial charge in [-0.05, 0) is 30.0 Å². The van der Waals surface area contributed by atoms with Crippen LogP contribution in [0.3, 0.4) is 0 Å². The van der Waals surface area contributed by atoms with Gasteiger partial charge in [-0.15, -0.1) is 0 Å². The fourth-order valence-electron chi connectivity index (χ4n) is 2.52. The Morgan fingerprint density at radius 2 is 1.53 bits per heavy atom. The fraction of sp³-hybridized carbons (Fsp3) is 0.571. The molecular weight excluding hydrogens is 248 g/mol. The minimum atomic E-state index is 0.939. The van der Waals surface area contributed by atoms with E-state index in [2.05, 4.69) is 40.2 Å². The normalized spacial score (nSPS) is 18.7. The maximum atomic E-state index is 3.48. The van der Waals surface area contributed by atoms with Crippen molar-refractivity contribution < 1.29 is 0 Å². The molecule has 0 atom stereocenters. The third-order valence-corrected chi connectivity index (χ3v) is 3.94.